The molecule has 0 spiro atoms. The van der Waals surface area contributed by atoms with E-state index in [2.05, 4.69) is 186 Å². The molecular weight excluding hydrogens is 1310 g/mol. The second-order valence-electron chi connectivity index (χ2n) is 24.4. The summed E-state index contributed by atoms with van der Waals surface area (Å²) in [4.78, 5) is 72.8. The number of phosphoric acid groups is 2. The van der Waals surface area contributed by atoms with Gasteiger partial charge in [-0.05, 0) is 161 Å². The summed E-state index contributed by atoms with van der Waals surface area (Å²) in [6, 6.07) is 0. The number of rotatable bonds is 69. The Morgan fingerprint density at radius 2 is 0.520 bits per heavy atom. The number of aliphatic hydroxyl groups is 1. The highest BCUT2D eigenvalue weighted by molar-refractivity contribution is 7.47. The number of hydrogen-bond donors (Lipinski definition) is 3. The number of carbonyl (C=O) groups is 4. The third-order valence-corrected chi connectivity index (χ3v) is 16.9. The van der Waals surface area contributed by atoms with Crippen LogP contribution in [0, 0.1) is 0 Å². The summed E-state index contributed by atoms with van der Waals surface area (Å²) in [5, 5.41) is 10.6. The lowest BCUT2D eigenvalue weighted by Crippen LogP contribution is -2.30. The van der Waals surface area contributed by atoms with Crippen LogP contribution in [0.1, 0.15) is 272 Å². The number of allylic oxidation sites excluding steroid dienone is 26. The fourth-order valence-corrected chi connectivity index (χ4v) is 10.9. The Morgan fingerprint density at radius 1 is 0.290 bits per heavy atom. The highest BCUT2D eigenvalue weighted by atomic mass is 31.2. The number of aliphatic hydroxyl groups excluding tert-OH is 1. The van der Waals surface area contributed by atoms with E-state index in [0.717, 1.165) is 193 Å². The van der Waals surface area contributed by atoms with Gasteiger partial charge < -0.3 is 33.8 Å². The van der Waals surface area contributed by atoms with E-state index in [4.69, 9.17) is 37.0 Å². The molecule has 0 bridgehead atoms. The fourth-order valence-electron chi connectivity index (χ4n) is 9.31. The third kappa shape index (κ3) is 71.1. The predicted molar refractivity (Wildman–Crippen MR) is 408 cm³/mol. The van der Waals surface area contributed by atoms with Crippen molar-refractivity contribution in [3.63, 3.8) is 0 Å². The van der Waals surface area contributed by atoms with Crippen molar-refractivity contribution in [3.8, 4) is 0 Å². The second-order valence-corrected chi connectivity index (χ2v) is 27.3. The zero-order chi connectivity index (χ0) is 73.2. The van der Waals surface area contributed by atoms with Crippen molar-refractivity contribution in [2.75, 3.05) is 39.6 Å². The van der Waals surface area contributed by atoms with Gasteiger partial charge in [0.15, 0.2) is 12.2 Å². The van der Waals surface area contributed by atoms with Gasteiger partial charge in [-0.2, -0.15) is 0 Å². The molecule has 0 fully saturated rings. The Kier molecular flexibility index (Phi) is 68.2. The van der Waals surface area contributed by atoms with Gasteiger partial charge >= 0.3 is 39.5 Å². The largest absolute Gasteiger partial charge is 0.472 e. The van der Waals surface area contributed by atoms with Crippen LogP contribution in [0.25, 0.3) is 0 Å². The average Bonchev–Trinajstić information content (AvgIpc) is 1.06. The van der Waals surface area contributed by atoms with Crippen LogP contribution in [0.15, 0.2) is 158 Å². The van der Waals surface area contributed by atoms with Crippen LogP contribution >= 0.6 is 15.6 Å². The summed E-state index contributed by atoms with van der Waals surface area (Å²) >= 11 is 0. The zero-order valence-corrected chi connectivity index (χ0v) is 63.6. The molecule has 5 atom stereocenters. The maximum atomic E-state index is 13.1. The van der Waals surface area contributed by atoms with Crippen LogP contribution in [0.5, 0.6) is 0 Å². The highest BCUT2D eigenvalue weighted by Gasteiger charge is 2.30. The molecule has 3 N–H and O–H groups in total. The number of carbonyl (C=O) groups excluding carboxylic acids is 4. The molecule has 0 aliphatic rings. The summed E-state index contributed by atoms with van der Waals surface area (Å²) in [6.45, 7) is 4.33. The standard InChI is InChI=1S/C81H132O17P2/c1-5-9-13-17-21-25-29-33-36-37-40-43-46-50-54-58-62-66-79(84)92-72-77(98-81(86)68-64-60-56-52-48-44-39-35-31-27-23-19-15-11-7-3)74-96-100(89,90)94-70-75(82)69-93-99(87,88)95-73-76(97-80(85)67-63-59-55-51-47-41-32-28-24-20-16-12-8-4)71-91-78(83)65-61-57-53-49-45-42-38-34-30-26-22-18-14-10-6-2/h9-11,13-16,20-23,25-28,32-36,38-40,43,45,49,75-77,82H,5-8,12,17-19,24,29-31,37,41-42,44,46-48,50-74H2,1-4H3,(H,87,88)(H,89,90)/b13-9-,14-10-,15-11-,20-16-,25-21-,26-22-,27-23-,32-28-,36-33-,38-34-,39-35-,43-40-,49-45-. The average molecular weight is 1440 g/mol. The van der Waals surface area contributed by atoms with E-state index in [1.807, 2.05) is 0 Å². The van der Waals surface area contributed by atoms with Crippen LogP contribution < -0.4 is 0 Å². The summed E-state index contributed by atoms with van der Waals surface area (Å²) in [6.07, 6.45) is 82.4. The minimum atomic E-state index is -4.99. The molecule has 0 heterocycles. The van der Waals surface area contributed by atoms with Gasteiger partial charge in [0.1, 0.15) is 19.3 Å². The van der Waals surface area contributed by atoms with Crippen LogP contribution in [-0.4, -0.2) is 96.7 Å². The summed E-state index contributed by atoms with van der Waals surface area (Å²) in [7, 11) is -9.99. The van der Waals surface area contributed by atoms with Crippen LogP contribution in [0.3, 0.4) is 0 Å². The molecule has 0 aliphatic carbocycles. The van der Waals surface area contributed by atoms with Crippen molar-refractivity contribution < 1.29 is 80.2 Å². The van der Waals surface area contributed by atoms with Gasteiger partial charge in [-0.15, -0.1) is 0 Å². The molecule has 0 saturated heterocycles. The van der Waals surface area contributed by atoms with E-state index >= 15 is 0 Å². The van der Waals surface area contributed by atoms with Crippen LogP contribution in [0.2, 0.25) is 0 Å². The first-order chi connectivity index (χ1) is 48.7. The van der Waals surface area contributed by atoms with E-state index in [-0.39, 0.29) is 25.7 Å². The minimum Gasteiger partial charge on any atom is -0.462 e. The van der Waals surface area contributed by atoms with E-state index in [1.54, 1.807) is 0 Å². The lowest BCUT2D eigenvalue weighted by atomic mass is 10.1. The molecule has 100 heavy (non-hydrogen) atoms. The third-order valence-electron chi connectivity index (χ3n) is 14.9. The molecular formula is C81H132O17P2. The normalized spacial score (nSPS) is 14.8. The van der Waals surface area contributed by atoms with Gasteiger partial charge in [0, 0.05) is 25.7 Å². The fraction of sp³-hybridized carbons (Fsp3) is 0.630. The molecule has 0 amide bonds. The first-order valence-corrected chi connectivity index (χ1v) is 40.7. The lowest BCUT2D eigenvalue weighted by Gasteiger charge is -2.21. The van der Waals surface area contributed by atoms with Crippen molar-refractivity contribution in [2.24, 2.45) is 0 Å². The summed E-state index contributed by atoms with van der Waals surface area (Å²) in [5.74, 6) is -2.30. The number of ether oxygens (including phenoxy) is 4. The van der Waals surface area contributed by atoms with Crippen LogP contribution in [0.4, 0.5) is 0 Å². The minimum absolute atomic E-state index is 0.0633. The van der Waals surface area contributed by atoms with Gasteiger partial charge in [0.25, 0.3) is 0 Å². The van der Waals surface area contributed by atoms with E-state index in [1.165, 1.54) is 0 Å². The maximum absolute atomic E-state index is 13.1. The molecule has 0 aromatic heterocycles. The number of phosphoric ester groups is 2. The lowest BCUT2D eigenvalue weighted by molar-refractivity contribution is -0.161. The van der Waals surface area contributed by atoms with E-state index in [9.17, 15) is 43.2 Å². The molecule has 5 unspecified atom stereocenters. The van der Waals surface area contributed by atoms with E-state index < -0.39 is 97.5 Å². The van der Waals surface area contributed by atoms with Crippen molar-refractivity contribution >= 4 is 39.5 Å². The van der Waals surface area contributed by atoms with Crippen LogP contribution in [-0.2, 0) is 65.4 Å². The van der Waals surface area contributed by atoms with Crippen molar-refractivity contribution in [2.45, 2.75) is 290 Å². The van der Waals surface area contributed by atoms with Crippen molar-refractivity contribution in [3.05, 3.63) is 158 Å². The predicted octanol–water partition coefficient (Wildman–Crippen LogP) is 21.7. The first kappa shape index (κ1) is 94.7. The van der Waals surface area contributed by atoms with Gasteiger partial charge in [-0.3, -0.25) is 37.3 Å². The summed E-state index contributed by atoms with van der Waals surface area (Å²) < 4.78 is 68.4. The van der Waals surface area contributed by atoms with Gasteiger partial charge in [-0.25, -0.2) is 9.13 Å². The topological polar surface area (TPSA) is 237 Å². The monoisotopic (exact) mass is 1440 g/mol. The Hall–Kier alpha value is -5.32. The molecule has 0 saturated carbocycles. The molecule has 0 radical (unpaired) electrons. The Bertz CT molecular complexity index is 2520. The molecule has 0 aliphatic heterocycles. The molecule has 0 aromatic carbocycles. The SMILES string of the molecule is CC/C=C\C/C=C\C/C=C\C/C=C\CCCCCCC(=O)OCC(COP(=O)(O)OCC(O)COP(=O)(O)OCC(COC(=O)CCCC/C=C\C/C=C\C/C=C\C/C=C\CC)OC(=O)CCCCCCC/C=C\C/C=C\CCC)OC(=O)CCCCCCC/C=C\C/C=C\C/C=C\CC. The van der Waals surface area contributed by atoms with Gasteiger partial charge in [0.05, 0.1) is 26.4 Å². The number of esters is 4. The second kappa shape index (κ2) is 72.0. The molecule has 17 nitrogen and oxygen atoms in total. The number of unbranched alkanes of at least 4 members (excludes halogenated alkanes) is 17. The number of hydrogen-bond acceptors (Lipinski definition) is 15. The summed E-state index contributed by atoms with van der Waals surface area (Å²) in [5.41, 5.74) is 0. The Balaban J connectivity index is 5.44. The quantitative estimate of drug-likeness (QED) is 0.0169. The maximum Gasteiger partial charge on any atom is 0.472 e. The van der Waals surface area contributed by atoms with Gasteiger partial charge in [-0.1, -0.05) is 243 Å². The molecule has 0 aromatic rings. The van der Waals surface area contributed by atoms with Crippen molar-refractivity contribution in [1.29, 1.82) is 0 Å². The zero-order valence-electron chi connectivity index (χ0n) is 61.8. The van der Waals surface area contributed by atoms with Crippen molar-refractivity contribution in [1.82, 2.24) is 0 Å². The van der Waals surface area contributed by atoms with E-state index in [0.29, 0.717) is 25.7 Å². The first-order valence-electron chi connectivity index (χ1n) is 37.7. The molecule has 568 valence electrons. The van der Waals surface area contributed by atoms with Gasteiger partial charge in [0.2, 0.25) is 0 Å². The Morgan fingerprint density at radius 3 is 0.820 bits per heavy atom. The molecule has 19 heteroatoms. The molecule has 0 rings (SSSR count). The highest BCUT2D eigenvalue weighted by Crippen LogP contribution is 2.45. The Labute approximate surface area is 604 Å². The smallest absolute Gasteiger partial charge is 0.462 e.